The number of hydrogen-bond donors (Lipinski definition) is 1. The molecule has 0 aliphatic heterocycles. The quantitative estimate of drug-likeness (QED) is 0.906. The number of nitrogens with zero attached hydrogens (tertiary/aromatic N) is 2. The molecular formula is C11H12BrN3O2S2. The van der Waals surface area contributed by atoms with Gasteiger partial charge in [-0.05, 0) is 34.1 Å². The van der Waals surface area contributed by atoms with E-state index in [0.29, 0.717) is 12.4 Å². The highest BCUT2D eigenvalue weighted by Crippen LogP contribution is 2.23. The monoisotopic (exact) mass is 361 g/mol. The Morgan fingerprint density at radius 1 is 1.47 bits per heavy atom. The summed E-state index contributed by atoms with van der Waals surface area (Å²) >= 11 is 4.85. The Labute approximate surface area is 124 Å². The van der Waals surface area contributed by atoms with Crippen LogP contribution in [0.1, 0.15) is 4.88 Å². The lowest BCUT2D eigenvalue weighted by atomic mass is 10.5. The van der Waals surface area contributed by atoms with Crippen molar-refractivity contribution < 1.29 is 8.42 Å². The van der Waals surface area contributed by atoms with Crippen molar-refractivity contribution in [2.75, 3.05) is 12.8 Å². The molecule has 2 N–H and O–H groups in total. The summed E-state index contributed by atoms with van der Waals surface area (Å²) in [6, 6.07) is 4.83. The van der Waals surface area contributed by atoms with Crippen LogP contribution in [0.5, 0.6) is 0 Å². The highest BCUT2D eigenvalue weighted by Gasteiger charge is 2.21. The minimum atomic E-state index is -3.54. The second-order valence-corrected chi connectivity index (χ2v) is 7.87. The Bertz CT molecular complexity index is 668. The van der Waals surface area contributed by atoms with Crippen molar-refractivity contribution in [1.82, 2.24) is 9.29 Å². The van der Waals surface area contributed by atoms with Crippen molar-refractivity contribution in [1.29, 1.82) is 0 Å². The Kier molecular flexibility index (Phi) is 4.24. The maximum Gasteiger partial charge on any atom is 0.244 e. The number of pyridine rings is 1. The van der Waals surface area contributed by atoms with Crippen LogP contribution >= 0.6 is 27.3 Å². The molecule has 19 heavy (non-hydrogen) atoms. The number of aromatic nitrogens is 1. The SMILES string of the molecule is CN(Cc1cc(Br)cs1)S(=O)(=O)c1ccc(N)nc1. The summed E-state index contributed by atoms with van der Waals surface area (Å²) in [5, 5.41) is 1.92. The van der Waals surface area contributed by atoms with Crippen LogP contribution < -0.4 is 5.73 Å². The van der Waals surface area contributed by atoms with Crippen molar-refractivity contribution in [3.8, 4) is 0 Å². The molecule has 0 saturated carbocycles. The van der Waals surface area contributed by atoms with Gasteiger partial charge in [0.2, 0.25) is 10.0 Å². The zero-order valence-corrected chi connectivity index (χ0v) is 13.3. The zero-order valence-electron chi connectivity index (χ0n) is 10.1. The van der Waals surface area contributed by atoms with Gasteiger partial charge in [0, 0.05) is 34.5 Å². The van der Waals surface area contributed by atoms with Crippen LogP contribution in [0.4, 0.5) is 5.82 Å². The summed E-state index contributed by atoms with van der Waals surface area (Å²) < 4.78 is 26.8. The van der Waals surface area contributed by atoms with Gasteiger partial charge in [-0.15, -0.1) is 11.3 Å². The van der Waals surface area contributed by atoms with Crippen LogP contribution in [-0.2, 0) is 16.6 Å². The van der Waals surface area contributed by atoms with Gasteiger partial charge in [-0.25, -0.2) is 13.4 Å². The smallest absolute Gasteiger partial charge is 0.244 e. The lowest BCUT2D eigenvalue weighted by Gasteiger charge is -2.16. The fourth-order valence-corrected chi connectivity index (χ4v) is 4.15. The van der Waals surface area contributed by atoms with E-state index in [-0.39, 0.29) is 4.90 Å². The number of hydrogen-bond acceptors (Lipinski definition) is 5. The van der Waals surface area contributed by atoms with E-state index in [4.69, 9.17) is 5.73 Å². The fourth-order valence-electron chi connectivity index (χ4n) is 1.47. The van der Waals surface area contributed by atoms with Crippen molar-refractivity contribution in [3.05, 3.63) is 39.1 Å². The number of anilines is 1. The van der Waals surface area contributed by atoms with Gasteiger partial charge < -0.3 is 5.73 Å². The minimum absolute atomic E-state index is 0.139. The average Bonchev–Trinajstić information content (AvgIpc) is 2.75. The molecule has 0 aliphatic carbocycles. The van der Waals surface area contributed by atoms with Crippen LogP contribution in [0, 0.1) is 0 Å². The summed E-state index contributed by atoms with van der Waals surface area (Å²) in [7, 11) is -2.00. The van der Waals surface area contributed by atoms with Crippen molar-refractivity contribution in [3.63, 3.8) is 0 Å². The first-order valence-electron chi connectivity index (χ1n) is 5.30. The molecule has 0 bridgehead atoms. The Morgan fingerprint density at radius 3 is 2.74 bits per heavy atom. The first-order chi connectivity index (χ1) is 8.89. The molecule has 102 valence electrons. The number of nitrogen functional groups attached to an aromatic ring is 1. The van der Waals surface area contributed by atoms with Crippen LogP contribution in [0.15, 0.2) is 39.1 Å². The molecule has 0 atom stereocenters. The maximum atomic E-state index is 12.3. The van der Waals surface area contributed by atoms with Crippen LogP contribution in [0.3, 0.4) is 0 Å². The predicted molar refractivity (Wildman–Crippen MR) is 79.3 cm³/mol. The standard InChI is InChI=1S/C11H12BrN3O2S2/c1-15(6-9-4-8(12)7-18-9)19(16,17)10-2-3-11(13)14-5-10/h2-5,7H,6H2,1H3,(H2,13,14). The van der Waals surface area contributed by atoms with Gasteiger partial charge in [0.1, 0.15) is 10.7 Å². The minimum Gasteiger partial charge on any atom is -0.384 e. The Balaban J connectivity index is 2.21. The molecule has 0 unspecified atom stereocenters. The Morgan fingerprint density at radius 2 is 2.21 bits per heavy atom. The molecule has 0 saturated heterocycles. The van der Waals surface area contributed by atoms with E-state index in [9.17, 15) is 8.42 Å². The normalized spacial score (nSPS) is 11.9. The first kappa shape index (κ1) is 14.4. The molecule has 0 spiro atoms. The fraction of sp³-hybridized carbons (Fsp3) is 0.182. The largest absolute Gasteiger partial charge is 0.384 e. The highest BCUT2D eigenvalue weighted by molar-refractivity contribution is 9.10. The molecular weight excluding hydrogens is 350 g/mol. The second-order valence-electron chi connectivity index (χ2n) is 3.91. The summed E-state index contributed by atoms with van der Waals surface area (Å²) in [4.78, 5) is 4.90. The summed E-state index contributed by atoms with van der Waals surface area (Å²) in [5.41, 5.74) is 5.45. The molecule has 2 aromatic heterocycles. The molecule has 0 radical (unpaired) electrons. The molecule has 0 aromatic carbocycles. The van der Waals surface area contributed by atoms with Gasteiger partial charge in [-0.1, -0.05) is 0 Å². The van der Waals surface area contributed by atoms with E-state index in [1.807, 2.05) is 11.4 Å². The molecule has 2 aromatic rings. The van der Waals surface area contributed by atoms with Crippen LogP contribution in [0.25, 0.3) is 0 Å². The average molecular weight is 362 g/mol. The van der Waals surface area contributed by atoms with Gasteiger partial charge in [0.05, 0.1) is 0 Å². The lowest BCUT2D eigenvalue weighted by Crippen LogP contribution is -2.26. The third kappa shape index (κ3) is 3.33. The second kappa shape index (κ2) is 5.58. The maximum absolute atomic E-state index is 12.3. The number of halogens is 1. The molecule has 0 amide bonds. The number of rotatable bonds is 4. The molecule has 8 heteroatoms. The number of nitrogens with two attached hydrogens (primary N) is 1. The van der Waals surface area contributed by atoms with Gasteiger partial charge >= 0.3 is 0 Å². The van der Waals surface area contributed by atoms with Crippen LogP contribution in [-0.4, -0.2) is 24.8 Å². The van der Waals surface area contributed by atoms with E-state index >= 15 is 0 Å². The molecule has 2 rings (SSSR count). The van der Waals surface area contributed by atoms with Gasteiger partial charge in [0.25, 0.3) is 0 Å². The highest BCUT2D eigenvalue weighted by atomic mass is 79.9. The van der Waals surface area contributed by atoms with Crippen molar-refractivity contribution in [2.45, 2.75) is 11.4 Å². The van der Waals surface area contributed by atoms with E-state index < -0.39 is 10.0 Å². The van der Waals surface area contributed by atoms with E-state index in [0.717, 1.165) is 9.35 Å². The first-order valence-corrected chi connectivity index (χ1v) is 8.41. The van der Waals surface area contributed by atoms with E-state index in [2.05, 4.69) is 20.9 Å². The van der Waals surface area contributed by atoms with Crippen LogP contribution in [0.2, 0.25) is 0 Å². The number of sulfonamides is 1. The topological polar surface area (TPSA) is 76.3 Å². The Hall–Kier alpha value is -0.960. The zero-order chi connectivity index (χ0) is 14.0. The summed E-state index contributed by atoms with van der Waals surface area (Å²) in [5.74, 6) is 0.295. The third-order valence-electron chi connectivity index (χ3n) is 2.47. The van der Waals surface area contributed by atoms with Crippen molar-refractivity contribution >= 4 is 43.1 Å². The summed E-state index contributed by atoms with van der Waals surface area (Å²) in [6.07, 6.45) is 1.27. The predicted octanol–water partition coefficient (Wildman–Crippen LogP) is 2.31. The van der Waals surface area contributed by atoms with Crippen molar-refractivity contribution in [2.24, 2.45) is 0 Å². The van der Waals surface area contributed by atoms with E-state index in [1.54, 1.807) is 7.05 Å². The molecule has 5 nitrogen and oxygen atoms in total. The molecule has 0 aliphatic rings. The lowest BCUT2D eigenvalue weighted by molar-refractivity contribution is 0.469. The third-order valence-corrected chi connectivity index (χ3v) is 5.94. The molecule has 0 fully saturated rings. The van der Waals surface area contributed by atoms with Gasteiger partial charge in [-0.3, -0.25) is 0 Å². The number of thiophene rings is 1. The summed E-state index contributed by atoms with van der Waals surface area (Å²) in [6.45, 7) is 0.322. The van der Waals surface area contributed by atoms with Gasteiger partial charge in [-0.2, -0.15) is 4.31 Å². The van der Waals surface area contributed by atoms with E-state index in [1.165, 1.54) is 34.0 Å². The molecule has 2 heterocycles. The van der Waals surface area contributed by atoms with Gasteiger partial charge in [0.15, 0.2) is 0 Å².